The number of carbonyl (C=O) groups is 2. The summed E-state index contributed by atoms with van der Waals surface area (Å²) in [5.41, 5.74) is 25.3. The molecular weight excluding hydrogens is 386 g/mol. The van der Waals surface area contributed by atoms with Gasteiger partial charge in [0.15, 0.2) is 11.3 Å². The second-order valence-electron chi connectivity index (χ2n) is 7.60. The minimum atomic E-state index is -0.742. The fraction of sp³-hybridized carbons (Fsp3) is 0.421. The molecular formula is C19H25N9O2. The average Bonchev–Trinajstić information content (AvgIpc) is 3.29. The molecule has 1 aliphatic rings. The van der Waals surface area contributed by atoms with Gasteiger partial charge in [0.05, 0.1) is 5.56 Å². The van der Waals surface area contributed by atoms with Crippen molar-refractivity contribution in [1.29, 1.82) is 0 Å². The van der Waals surface area contributed by atoms with Crippen LogP contribution in [0.3, 0.4) is 0 Å². The highest BCUT2D eigenvalue weighted by Gasteiger charge is 2.30. The second kappa shape index (κ2) is 7.41. The molecule has 158 valence electrons. The van der Waals surface area contributed by atoms with Crippen LogP contribution in [-0.2, 0) is 6.54 Å². The van der Waals surface area contributed by atoms with Crippen LogP contribution < -0.4 is 22.9 Å². The molecule has 1 fully saturated rings. The van der Waals surface area contributed by atoms with E-state index in [0.29, 0.717) is 12.1 Å². The van der Waals surface area contributed by atoms with Crippen LogP contribution in [0.15, 0.2) is 12.4 Å². The van der Waals surface area contributed by atoms with Gasteiger partial charge in [0.2, 0.25) is 0 Å². The van der Waals surface area contributed by atoms with Crippen LogP contribution in [0.5, 0.6) is 0 Å². The number of fused-ring (bicyclic) bond motifs is 1. The molecule has 3 heterocycles. The predicted octanol–water partition coefficient (Wildman–Crippen LogP) is 0.378. The molecule has 4 rings (SSSR count). The molecule has 0 spiro atoms. The van der Waals surface area contributed by atoms with E-state index in [1.807, 2.05) is 6.92 Å². The van der Waals surface area contributed by atoms with Gasteiger partial charge in [-0.2, -0.15) is 10.2 Å². The fourth-order valence-electron chi connectivity index (χ4n) is 4.18. The highest BCUT2D eigenvalue weighted by Crippen LogP contribution is 2.35. The van der Waals surface area contributed by atoms with E-state index in [9.17, 15) is 9.59 Å². The Hall–Kier alpha value is -3.47. The van der Waals surface area contributed by atoms with Crippen molar-refractivity contribution in [2.24, 2.45) is 17.2 Å². The molecule has 2 amide bonds. The Morgan fingerprint density at radius 3 is 2.50 bits per heavy atom. The van der Waals surface area contributed by atoms with Gasteiger partial charge in [-0.1, -0.05) is 12.8 Å². The summed E-state index contributed by atoms with van der Waals surface area (Å²) >= 11 is 0. The van der Waals surface area contributed by atoms with Crippen LogP contribution in [0.25, 0.3) is 16.9 Å². The SMILES string of the molecule is CCn1cc(-c2nn3cc([C@H]4CCCC[C@@H]4N)c(N)nc3c2C(N)=O)c(C(N)=O)n1. The molecule has 1 aliphatic carbocycles. The topological polar surface area (TPSA) is 186 Å². The average molecular weight is 411 g/mol. The summed E-state index contributed by atoms with van der Waals surface area (Å²) in [5.74, 6) is -1.12. The third-order valence-electron chi connectivity index (χ3n) is 5.71. The van der Waals surface area contributed by atoms with E-state index in [4.69, 9.17) is 22.9 Å². The predicted molar refractivity (Wildman–Crippen MR) is 111 cm³/mol. The number of nitrogens with two attached hydrogens (primary N) is 4. The molecule has 2 atom stereocenters. The van der Waals surface area contributed by atoms with Crippen LogP contribution in [0.2, 0.25) is 0 Å². The maximum atomic E-state index is 12.3. The summed E-state index contributed by atoms with van der Waals surface area (Å²) in [7, 11) is 0. The number of aryl methyl sites for hydroxylation is 1. The number of rotatable bonds is 5. The van der Waals surface area contributed by atoms with E-state index in [1.54, 1.807) is 17.1 Å². The first kappa shape index (κ1) is 19.8. The lowest BCUT2D eigenvalue weighted by atomic mass is 9.81. The molecule has 0 bridgehead atoms. The molecule has 1 saturated carbocycles. The Morgan fingerprint density at radius 2 is 1.87 bits per heavy atom. The number of nitrogens with zero attached hydrogens (tertiary/aromatic N) is 5. The van der Waals surface area contributed by atoms with Crippen LogP contribution in [0.1, 0.15) is 64.9 Å². The standard InChI is InChI=1S/C19H25N9O2/c1-2-27-7-11(15(25-27)18(23)30)14-13(17(22)29)19-24-16(21)10(8-28(19)26-14)9-5-3-4-6-12(9)20/h7-9,12H,2-6,20H2,1H3,(H2,21,24)(H2,22,29)(H2,23,30)/t9-,12+/m1/s1. The Bertz CT molecular complexity index is 1150. The summed E-state index contributed by atoms with van der Waals surface area (Å²) in [4.78, 5) is 28.7. The number of amides is 2. The summed E-state index contributed by atoms with van der Waals surface area (Å²) in [5, 5.41) is 8.69. The molecule has 0 radical (unpaired) electrons. The minimum absolute atomic E-state index is 0.00487. The van der Waals surface area contributed by atoms with Crippen molar-refractivity contribution in [3.8, 4) is 11.3 Å². The Labute approximate surface area is 172 Å². The van der Waals surface area contributed by atoms with Crippen LogP contribution >= 0.6 is 0 Å². The van der Waals surface area contributed by atoms with Crippen molar-refractivity contribution in [2.45, 2.75) is 51.1 Å². The molecule has 8 N–H and O–H groups in total. The molecule has 3 aromatic heterocycles. The monoisotopic (exact) mass is 411 g/mol. The Balaban J connectivity index is 1.94. The van der Waals surface area contributed by atoms with E-state index in [0.717, 1.165) is 31.2 Å². The number of primary amides is 2. The molecule has 0 saturated heterocycles. The van der Waals surface area contributed by atoms with Crippen LogP contribution in [0.4, 0.5) is 5.82 Å². The lowest BCUT2D eigenvalue weighted by Gasteiger charge is -2.29. The van der Waals surface area contributed by atoms with Gasteiger partial charge >= 0.3 is 0 Å². The third kappa shape index (κ3) is 3.16. The van der Waals surface area contributed by atoms with E-state index in [-0.39, 0.29) is 40.4 Å². The van der Waals surface area contributed by atoms with Crippen molar-refractivity contribution < 1.29 is 9.59 Å². The lowest BCUT2D eigenvalue weighted by molar-refractivity contribution is 0.0988. The zero-order chi connectivity index (χ0) is 21.6. The summed E-state index contributed by atoms with van der Waals surface area (Å²) < 4.78 is 3.01. The number of hydrogen-bond acceptors (Lipinski definition) is 7. The summed E-state index contributed by atoms with van der Waals surface area (Å²) in [6, 6.07) is -0.0183. The van der Waals surface area contributed by atoms with Crippen molar-refractivity contribution in [1.82, 2.24) is 24.4 Å². The molecule has 0 aliphatic heterocycles. The van der Waals surface area contributed by atoms with Crippen molar-refractivity contribution in [3.63, 3.8) is 0 Å². The minimum Gasteiger partial charge on any atom is -0.383 e. The quantitative estimate of drug-likeness (QED) is 0.467. The van der Waals surface area contributed by atoms with Gasteiger partial charge < -0.3 is 22.9 Å². The van der Waals surface area contributed by atoms with E-state index in [1.165, 1.54) is 4.52 Å². The van der Waals surface area contributed by atoms with E-state index < -0.39 is 11.8 Å². The normalized spacial score (nSPS) is 19.3. The highest BCUT2D eigenvalue weighted by molar-refractivity contribution is 6.07. The first-order chi connectivity index (χ1) is 14.3. The van der Waals surface area contributed by atoms with Crippen molar-refractivity contribution in [2.75, 3.05) is 5.73 Å². The Kier molecular flexibility index (Phi) is 4.90. The second-order valence-corrected chi connectivity index (χ2v) is 7.60. The lowest BCUT2D eigenvalue weighted by Crippen LogP contribution is -2.32. The van der Waals surface area contributed by atoms with Gasteiger partial charge in [-0.05, 0) is 19.8 Å². The fourth-order valence-corrected chi connectivity index (χ4v) is 4.18. The van der Waals surface area contributed by atoms with Crippen LogP contribution in [-0.4, -0.2) is 42.2 Å². The third-order valence-corrected chi connectivity index (χ3v) is 5.71. The van der Waals surface area contributed by atoms with Gasteiger partial charge in [-0.25, -0.2) is 9.50 Å². The highest BCUT2D eigenvalue weighted by atomic mass is 16.1. The summed E-state index contributed by atoms with van der Waals surface area (Å²) in [6.45, 7) is 2.37. The largest absolute Gasteiger partial charge is 0.383 e. The zero-order valence-corrected chi connectivity index (χ0v) is 16.7. The summed E-state index contributed by atoms with van der Waals surface area (Å²) in [6.07, 6.45) is 7.32. The maximum Gasteiger partial charge on any atom is 0.269 e. The van der Waals surface area contributed by atoms with Gasteiger partial charge in [0.1, 0.15) is 17.1 Å². The van der Waals surface area contributed by atoms with E-state index in [2.05, 4.69) is 15.2 Å². The van der Waals surface area contributed by atoms with Crippen molar-refractivity contribution >= 4 is 23.3 Å². The molecule has 0 unspecified atom stereocenters. The maximum absolute atomic E-state index is 12.3. The first-order valence-corrected chi connectivity index (χ1v) is 9.93. The Morgan fingerprint density at radius 1 is 1.13 bits per heavy atom. The van der Waals surface area contributed by atoms with E-state index >= 15 is 0 Å². The zero-order valence-electron chi connectivity index (χ0n) is 16.7. The van der Waals surface area contributed by atoms with Crippen molar-refractivity contribution in [3.05, 3.63) is 29.2 Å². The molecule has 11 nitrogen and oxygen atoms in total. The smallest absolute Gasteiger partial charge is 0.269 e. The molecule has 0 aromatic carbocycles. The van der Waals surface area contributed by atoms with Crippen LogP contribution in [0, 0.1) is 0 Å². The molecule has 30 heavy (non-hydrogen) atoms. The number of hydrogen-bond donors (Lipinski definition) is 4. The van der Waals surface area contributed by atoms with Gasteiger partial charge in [-0.3, -0.25) is 14.3 Å². The molecule has 3 aromatic rings. The van der Waals surface area contributed by atoms with Gasteiger partial charge in [-0.15, -0.1) is 0 Å². The first-order valence-electron chi connectivity index (χ1n) is 9.93. The number of nitrogen functional groups attached to an aromatic ring is 1. The number of carbonyl (C=O) groups excluding carboxylic acids is 2. The van der Waals surface area contributed by atoms with Gasteiger partial charge in [0.25, 0.3) is 11.8 Å². The number of aromatic nitrogens is 5. The number of anilines is 1. The molecule has 11 heteroatoms. The van der Waals surface area contributed by atoms with Gasteiger partial charge in [0, 0.05) is 36.5 Å².